The second kappa shape index (κ2) is 5.44. The van der Waals surface area contributed by atoms with Gasteiger partial charge in [-0.2, -0.15) is 5.10 Å². The van der Waals surface area contributed by atoms with Crippen molar-refractivity contribution in [3.63, 3.8) is 0 Å². The molecule has 2 saturated heterocycles. The average Bonchev–Trinajstić information content (AvgIpc) is 3.11. The number of nitrogens with zero attached hydrogens (tertiary/aromatic N) is 5. The van der Waals surface area contributed by atoms with E-state index in [1.54, 1.807) is 4.90 Å². The van der Waals surface area contributed by atoms with E-state index in [2.05, 4.69) is 10.00 Å². The van der Waals surface area contributed by atoms with Crippen LogP contribution < -0.4 is 0 Å². The molecule has 8 heteroatoms. The zero-order valence-electron chi connectivity index (χ0n) is 12.1. The average molecular weight is 293 g/mol. The highest BCUT2D eigenvalue weighted by Crippen LogP contribution is 2.25. The fourth-order valence-corrected chi connectivity index (χ4v) is 3.29. The molecule has 1 aromatic rings. The van der Waals surface area contributed by atoms with Crippen LogP contribution in [0.25, 0.3) is 0 Å². The van der Waals surface area contributed by atoms with Crippen LogP contribution in [0.1, 0.15) is 30.3 Å². The Morgan fingerprint density at radius 1 is 1.48 bits per heavy atom. The van der Waals surface area contributed by atoms with Gasteiger partial charge >= 0.3 is 5.69 Å². The molecule has 0 bridgehead atoms. The van der Waals surface area contributed by atoms with Crippen LogP contribution in [0.15, 0.2) is 6.20 Å². The molecule has 1 amide bonds. The lowest BCUT2D eigenvalue weighted by Crippen LogP contribution is -2.52. The van der Waals surface area contributed by atoms with Crippen LogP contribution in [-0.2, 0) is 6.54 Å². The third kappa shape index (κ3) is 2.39. The Morgan fingerprint density at radius 2 is 2.29 bits per heavy atom. The number of carbonyl (C=O) groups is 1. The fourth-order valence-electron chi connectivity index (χ4n) is 3.29. The minimum atomic E-state index is -0.530. The summed E-state index contributed by atoms with van der Waals surface area (Å²) in [6, 6.07) is 0.403. The summed E-state index contributed by atoms with van der Waals surface area (Å²) in [7, 11) is 0. The molecular weight excluding hydrogens is 274 g/mol. The van der Waals surface area contributed by atoms with E-state index >= 15 is 0 Å². The van der Waals surface area contributed by atoms with Gasteiger partial charge in [-0.1, -0.05) is 0 Å². The van der Waals surface area contributed by atoms with Crippen LogP contribution in [0.2, 0.25) is 0 Å². The SMILES string of the molecule is CCn1ncc([N+](=O)[O-])c1C(=O)N1CCN2CCCC2C1. The van der Waals surface area contributed by atoms with Crippen molar-refractivity contribution in [1.82, 2.24) is 19.6 Å². The van der Waals surface area contributed by atoms with Gasteiger partial charge in [-0.05, 0) is 26.3 Å². The molecule has 2 fully saturated rings. The molecule has 0 aliphatic carbocycles. The van der Waals surface area contributed by atoms with Gasteiger partial charge < -0.3 is 4.90 Å². The van der Waals surface area contributed by atoms with Gasteiger partial charge in [0.1, 0.15) is 6.20 Å². The number of hydrogen-bond donors (Lipinski definition) is 0. The molecule has 0 N–H and O–H groups in total. The van der Waals surface area contributed by atoms with Crippen LogP contribution >= 0.6 is 0 Å². The Morgan fingerprint density at radius 3 is 3.00 bits per heavy atom. The summed E-state index contributed by atoms with van der Waals surface area (Å²) in [5.74, 6) is -0.271. The smallest absolute Gasteiger partial charge is 0.320 e. The van der Waals surface area contributed by atoms with Crippen molar-refractivity contribution >= 4 is 11.6 Å². The summed E-state index contributed by atoms with van der Waals surface area (Å²) >= 11 is 0. The molecule has 2 aliphatic rings. The van der Waals surface area contributed by atoms with Crippen molar-refractivity contribution in [3.8, 4) is 0 Å². The molecule has 2 aliphatic heterocycles. The van der Waals surface area contributed by atoms with Crippen molar-refractivity contribution in [2.45, 2.75) is 32.4 Å². The van der Waals surface area contributed by atoms with Gasteiger partial charge in [0.2, 0.25) is 5.69 Å². The van der Waals surface area contributed by atoms with Crippen molar-refractivity contribution in [3.05, 3.63) is 22.0 Å². The first-order valence-electron chi connectivity index (χ1n) is 7.35. The minimum Gasteiger partial charge on any atom is -0.334 e. The zero-order valence-corrected chi connectivity index (χ0v) is 12.1. The summed E-state index contributed by atoms with van der Waals surface area (Å²) in [6.07, 6.45) is 3.43. The van der Waals surface area contributed by atoms with Crippen LogP contribution in [0.5, 0.6) is 0 Å². The quantitative estimate of drug-likeness (QED) is 0.606. The molecular formula is C13H19N5O3. The molecule has 1 atom stereocenters. The molecule has 3 heterocycles. The summed E-state index contributed by atoms with van der Waals surface area (Å²) < 4.78 is 1.42. The predicted molar refractivity (Wildman–Crippen MR) is 75.1 cm³/mol. The van der Waals surface area contributed by atoms with Crippen molar-refractivity contribution in [1.29, 1.82) is 0 Å². The zero-order chi connectivity index (χ0) is 15.0. The number of aromatic nitrogens is 2. The van der Waals surface area contributed by atoms with Gasteiger partial charge in [0.05, 0.1) is 4.92 Å². The Labute approximate surface area is 122 Å². The molecule has 3 rings (SSSR count). The molecule has 8 nitrogen and oxygen atoms in total. The second-order valence-electron chi connectivity index (χ2n) is 5.53. The Hall–Kier alpha value is -1.96. The van der Waals surface area contributed by atoms with Gasteiger partial charge in [0.25, 0.3) is 5.91 Å². The topological polar surface area (TPSA) is 84.5 Å². The van der Waals surface area contributed by atoms with Crippen molar-refractivity contribution in [2.24, 2.45) is 0 Å². The van der Waals surface area contributed by atoms with Crippen molar-refractivity contribution < 1.29 is 9.72 Å². The van der Waals surface area contributed by atoms with E-state index in [0.29, 0.717) is 25.7 Å². The van der Waals surface area contributed by atoms with Gasteiger partial charge in [-0.15, -0.1) is 0 Å². The summed E-state index contributed by atoms with van der Waals surface area (Å²) in [5.41, 5.74) is -0.0929. The van der Waals surface area contributed by atoms with E-state index in [-0.39, 0.29) is 17.3 Å². The Kier molecular flexibility index (Phi) is 3.62. The first-order chi connectivity index (χ1) is 10.1. The molecule has 1 aromatic heterocycles. The largest absolute Gasteiger partial charge is 0.334 e. The summed E-state index contributed by atoms with van der Waals surface area (Å²) in [6.45, 7) is 5.50. The molecule has 0 saturated carbocycles. The second-order valence-corrected chi connectivity index (χ2v) is 5.53. The highest BCUT2D eigenvalue weighted by molar-refractivity contribution is 5.96. The van der Waals surface area contributed by atoms with Gasteiger partial charge in [-0.25, -0.2) is 0 Å². The van der Waals surface area contributed by atoms with Crippen LogP contribution in [0, 0.1) is 10.1 Å². The van der Waals surface area contributed by atoms with E-state index in [1.807, 2.05) is 6.92 Å². The number of aryl methyl sites for hydroxylation is 1. The lowest BCUT2D eigenvalue weighted by molar-refractivity contribution is -0.385. The molecule has 1 unspecified atom stereocenters. The highest BCUT2D eigenvalue weighted by Gasteiger charge is 2.36. The number of hydrogen-bond acceptors (Lipinski definition) is 5. The van der Waals surface area contributed by atoms with E-state index in [1.165, 1.54) is 17.3 Å². The minimum absolute atomic E-state index is 0.106. The molecule has 21 heavy (non-hydrogen) atoms. The summed E-state index contributed by atoms with van der Waals surface area (Å²) in [5, 5.41) is 15.0. The number of piperazine rings is 1. The third-order valence-corrected chi connectivity index (χ3v) is 4.39. The van der Waals surface area contributed by atoms with Crippen LogP contribution in [0.4, 0.5) is 5.69 Å². The Bertz CT molecular complexity index is 570. The number of nitro groups is 1. The first-order valence-corrected chi connectivity index (χ1v) is 7.35. The lowest BCUT2D eigenvalue weighted by atomic mass is 10.1. The maximum Gasteiger partial charge on any atom is 0.320 e. The van der Waals surface area contributed by atoms with E-state index in [9.17, 15) is 14.9 Å². The van der Waals surface area contributed by atoms with E-state index < -0.39 is 4.92 Å². The van der Waals surface area contributed by atoms with E-state index in [4.69, 9.17) is 0 Å². The fraction of sp³-hybridized carbons (Fsp3) is 0.692. The number of rotatable bonds is 3. The maximum atomic E-state index is 12.7. The predicted octanol–water partition coefficient (Wildman–Crippen LogP) is 0.731. The van der Waals surface area contributed by atoms with Crippen molar-refractivity contribution in [2.75, 3.05) is 26.2 Å². The van der Waals surface area contributed by atoms with Gasteiger partial charge in [0, 0.05) is 32.2 Å². The van der Waals surface area contributed by atoms with E-state index in [0.717, 1.165) is 19.5 Å². The third-order valence-electron chi connectivity index (χ3n) is 4.39. The standard InChI is InChI=1S/C13H19N5O3/c1-2-17-12(11(8-14-17)18(20)21)13(19)16-7-6-15-5-3-4-10(15)9-16/h8,10H,2-7,9H2,1H3. The monoisotopic (exact) mass is 293 g/mol. The molecule has 0 radical (unpaired) electrons. The molecule has 0 spiro atoms. The molecule has 114 valence electrons. The molecule has 0 aromatic carbocycles. The number of fused-ring (bicyclic) bond motifs is 1. The number of amides is 1. The normalized spacial score (nSPS) is 22.3. The lowest BCUT2D eigenvalue weighted by Gasteiger charge is -2.37. The maximum absolute atomic E-state index is 12.7. The van der Waals surface area contributed by atoms with Gasteiger partial charge in [-0.3, -0.25) is 24.5 Å². The Balaban J connectivity index is 1.85. The number of carbonyl (C=O) groups excluding carboxylic acids is 1. The highest BCUT2D eigenvalue weighted by atomic mass is 16.6. The first kappa shape index (κ1) is 14.0. The van der Waals surface area contributed by atoms with Gasteiger partial charge in [0.15, 0.2) is 0 Å². The van der Waals surface area contributed by atoms with Crippen LogP contribution in [-0.4, -0.2) is 62.6 Å². The van der Waals surface area contributed by atoms with Crippen LogP contribution in [0.3, 0.4) is 0 Å². The summed E-state index contributed by atoms with van der Waals surface area (Å²) in [4.78, 5) is 27.4.